The van der Waals surface area contributed by atoms with Crippen LogP contribution < -0.4 is 11.1 Å². The van der Waals surface area contributed by atoms with Crippen LogP contribution in [-0.2, 0) is 4.79 Å². The van der Waals surface area contributed by atoms with E-state index >= 15 is 0 Å². The van der Waals surface area contributed by atoms with Crippen molar-refractivity contribution in [3.05, 3.63) is 35.9 Å². The van der Waals surface area contributed by atoms with E-state index in [9.17, 15) is 9.90 Å². The Morgan fingerprint density at radius 3 is 2.38 bits per heavy atom. The van der Waals surface area contributed by atoms with Crippen molar-refractivity contribution in [3.63, 3.8) is 0 Å². The number of nitrogens with two attached hydrogens (primary N) is 1. The monoisotopic (exact) mass is 314 g/mol. The fourth-order valence-electron chi connectivity index (χ4n) is 2.06. The lowest BCUT2D eigenvalue weighted by Crippen LogP contribution is -2.47. The van der Waals surface area contributed by atoms with Gasteiger partial charge in [0, 0.05) is 6.04 Å². The molecule has 0 aromatic heterocycles. The van der Waals surface area contributed by atoms with Crippen molar-refractivity contribution in [2.24, 2.45) is 11.7 Å². The quantitative estimate of drug-likeness (QED) is 0.723. The van der Waals surface area contributed by atoms with E-state index < -0.39 is 12.1 Å². The number of rotatable bonds is 7. The molecule has 120 valence electrons. The summed E-state index contributed by atoms with van der Waals surface area (Å²) in [5, 5.41) is 13.0. The topological polar surface area (TPSA) is 75.4 Å². The number of hydrogen-bond acceptors (Lipinski definition) is 3. The maximum absolute atomic E-state index is 12.0. The van der Waals surface area contributed by atoms with E-state index in [0.717, 1.165) is 12.0 Å². The van der Waals surface area contributed by atoms with E-state index in [0.29, 0.717) is 6.42 Å². The molecule has 4 atom stereocenters. The Morgan fingerprint density at radius 2 is 1.86 bits per heavy atom. The first-order chi connectivity index (χ1) is 9.45. The predicted octanol–water partition coefficient (Wildman–Crippen LogP) is 2.41. The molecule has 0 fully saturated rings. The highest BCUT2D eigenvalue weighted by Crippen LogP contribution is 2.17. The lowest BCUT2D eigenvalue weighted by Gasteiger charge is -2.22. The van der Waals surface area contributed by atoms with E-state index in [1.54, 1.807) is 0 Å². The van der Waals surface area contributed by atoms with Crippen LogP contribution in [-0.4, -0.2) is 23.1 Å². The minimum Gasteiger partial charge on any atom is -0.388 e. The van der Waals surface area contributed by atoms with E-state index in [2.05, 4.69) is 5.32 Å². The van der Waals surface area contributed by atoms with Gasteiger partial charge in [0.05, 0.1) is 12.1 Å². The van der Waals surface area contributed by atoms with Crippen LogP contribution in [0.25, 0.3) is 0 Å². The molecule has 1 aromatic rings. The Bertz CT molecular complexity index is 414. The van der Waals surface area contributed by atoms with Gasteiger partial charge >= 0.3 is 0 Å². The van der Waals surface area contributed by atoms with Gasteiger partial charge in [-0.3, -0.25) is 4.79 Å². The molecule has 0 radical (unpaired) electrons. The molecule has 0 aliphatic heterocycles. The lowest BCUT2D eigenvalue weighted by atomic mass is 9.98. The van der Waals surface area contributed by atoms with Gasteiger partial charge in [-0.1, -0.05) is 50.6 Å². The molecule has 21 heavy (non-hydrogen) atoms. The van der Waals surface area contributed by atoms with Gasteiger partial charge in [0.2, 0.25) is 5.91 Å². The van der Waals surface area contributed by atoms with Crippen LogP contribution >= 0.6 is 12.4 Å². The third-order valence-corrected chi connectivity index (χ3v) is 3.71. The Balaban J connectivity index is 0.00000400. The Morgan fingerprint density at radius 1 is 1.29 bits per heavy atom. The van der Waals surface area contributed by atoms with Crippen LogP contribution in [0.2, 0.25) is 0 Å². The molecule has 1 rings (SSSR count). The maximum atomic E-state index is 12.0. The number of amides is 1. The fourth-order valence-corrected chi connectivity index (χ4v) is 2.06. The normalized spacial score (nSPS) is 16.2. The molecular formula is C16H27ClN2O2. The van der Waals surface area contributed by atoms with Gasteiger partial charge in [0.25, 0.3) is 0 Å². The van der Waals surface area contributed by atoms with Gasteiger partial charge in [-0.05, 0) is 24.8 Å². The minimum atomic E-state index is -0.577. The van der Waals surface area contributed by atoms with Crippen molar-refractivity contribution in [1.82, 2.24) is 5.32 Å². The van der Waals surface area contributed by atoms with Gasteiger partial charge in [-0.2, -0.15) is 0 Å². The molecule has 4 nitrogen and oxygen atoms in total. The Kier molecular flexibility index (Phi) is 9.26. The highest BCUT2D eigenvalue weighted by Gasteiger charge is 2.21. The van der Waals surface area contributed by atoms with Crippen LogP contribution in [0.5, 0.6) is 0 Å². The summed E-state index contributed by atoms with van der Waals surface area (Å²) in [7, 11) is 0. The van der Waals surface area contributed by atoms with E-state index in [1.165, 1.54) is 0 Å². The molecule has 1 aromatic carbocycles. The first-order valence-corrected chi connectivity index (χ1v) is 7.24. The van der Waals surface area contributed by atoms with Gasteiger partial charge < -0.3 is 16.2 Å². The zero-order valence-corrected chi connectivity index (χ0v) is 13.8. The van der Waals surface area contributed by atoms with Crippen molar-refractivity contribution in [2.75, 3.05) is 0 Å². The molecule has 0 bridgehead atoms. The summed E-state index contributed by atoms with van der Waals surface area (Å²) in [6.45, 7) is 5.86. The van der Waals surface area contributed by atoms with Gasteiger partial charge in [-0.25, -0.2) is 0 Å². The maximum Gasteiger partial charge on any atom is 0.237 e. The smallest absolute Gasteiger partial charge is 0.237 e. The Hall–Kier alpha value is -1.10. The van der Waals surface area contributed by atoms with Crippen LogP contribution in [0.1, 0.15) is 45.3 Å². The van der Waals surface area contributed by atoms with Crippen molar-refractivity contribution < 1.29 is 9.90 Å². The molecule has 0 saturated heterocycles. The van der Waals surface area contributed by atoms with Gasteiger partial charge in [-0.15, -0.1) is 12.4 Å². The largest absolute Gasteiger partial charge is 0.388 e. The molecule has 0 aliphatic rings. The lowest BCUT2D eigenvalue weighted by molar-refractivity contribution is -0.124. The van der Waals surface area contributed by atoms with Crippen molar-refractivity contribution in [1.29, 1.82) is 0 Å². The first-order valence-electron chi connectivity index (χ1n) is 7.24. The second-order valence-electron chi connectivity index (χ2n) is 5.48. The number of carbonyl (C=O) groups excluding carboxylic acids is 1. The molecule has 4 unspecified atom stereocenters. The minimum absolute atomic E-state index is 0. The van der Waals surface area contributed by atoms with E-state index in [1.807, 2.05) is 51.1 Å². The van der Waals surface area contributed by atoms with Crippen molar-refractivity contribution >= 4 is 18.3 Å². The summed E-state index contributed by atoms with van der Waals surface area (Å²) < 4.78 is 0. The highest BCUT2D eigenvalue weighted by atomic mass is 35.5. The number of aliphatic hydroxyl groups excluding tert-OH is 1. The Labute approximate surface area is 133 Å². The molecule has 4 N–H and O–H groups in total. The second-order valence-corrected chi connectivity index (χ2v) is 5.48. The van der Waals surface area contributed by atoms with Crippen LogP contribution in [0.4, 0.5) is 0 Å². The molecule has 0 spiro atoms. The summed E-state index contributed by atoms with van der Waals surface area (Å²) >= 11 is 0. The molecule has 1 amide bonds. The number of carbonyl (C=O) groups is 1. The summed E-state index contributed by atoms with van der Waals surface area (Å²) in [5.41, 5.74) is 6.75. The van der Waals surface area contributed by atoms with E-state index in [-0.39, 0.29) is 30.3 Å². The zero-order chi connectivity index (χ0) is 15.1. The summed E-state index contributed by atoms with van der Waals surface area (Å²) in [6, 6.07) is 8.84. The average molecular weight is 315 g/mol. The van der Waals surface area contributed by atoms with Crippen molar-refractivity contribution in [2.45, 2.75) is 51.8 Å². The average Bonchev–Trinajstić information content (AvgIpc) is 2.46. The molecule has 0 heterocycles. The number of aliphatic hydroxyl groups is 1. The highest BCUT2D eigenvalue weighted by molar-refractivity contribution is 5.85. The van der Waals surface area contributed by atoms with Crippen LogP contribution in [0.3, 0.4) is 0 Å². The summed E-state index contributed by atoms with van der Waals surface area (Å²) in [6.07, 6.45) is 0.768. The molecule has 5 heteroatoms. The third-order valence-electron chi connectivity index (χ3n) is 3.71. The summed E-state index contributed by atoms with van der Waals surface area (Å²) in [5.74, 6) is 0.00774. The number of halogens is 1. The molecular weight excluding hydrogens is 288 g/mol. The summed E-state index contributed by atoms with van der Waals surface area (Å²) in [4.78, 5) is 12.0. The standard InChI is InChI=1S/C16H26N2O2.ClH/c1-4-11(2)15(17)16(20)18-12(3)10-14(19)13-8-6-5-7-9-13;/h5-9,11-12,14-15,19H,4,10,17H2,1-3H3,(H,18,20);1H. The number of hydrogen-bond donors (Lipinski definition) is 3. The van der Waals surface area contributed by atoms with Crippen molar-refractivity contribution in [3.8, 4) is 0 Å². The zero-order valence-electron chi connectivity index (χ0n) is 13.0. The predicted molar refractivity (Wildman–Crippen MR) is 88.3 cm³/mol. The van der Waals surface area contributed by atoms with Crippen LogP contribution in [0.15, 0.2) is 30.3 Å². The van der Waals surface area contributed by atoms with Gasteiger partial charge in [0.15, 0.2) is 0 Å². The first kappa shape index (κ1) is 19.9. The third kappa shape index (κ3) is 6.46. The second kappa shape index (κ2) is 9.77. The SMILES string of the molecule is CCC(C)C(N)C(=O)NC(C)CC(O)c1ccccc1.Cl. The molecule has 0 saturated carbocycles. The van der Waals surface area contributed by atoms with Crippen LogP contribution in [0, 0.1) is 5.92 Å². The number of benzene rings is 1. The fraction of sp³-hybridized carbons (Fsp3) is 0.562. The van der Waals surface area contributed by atoms with E-state index in [4.69, 9.17) is 5.73 Å². The number of nitrogens with one attached hydrogen (secondary N) is 1. The molecule has 0 aliphatic carbocycles. The van der Waals surface area contributed by atoms with Gasteiger partial charge in [0.1, 0.15) is 0 Å².